The highest BCUT2D eigenvalue weighted by Crippen LogP contribution is 2.62. The van der Waals surface area contributed by atoms with Crippen molar-refractivity contribution in [2.24, 2.45) is 22.7 Å². The fraction of sp³-hybridized carbons (Fsp3) is 0.692. The second kappa shape index (κ2) is 10.2. The number of nitrogens with one attached hydrogen (secondary N) is 1. The Hall–Kier alpha value is -2.08. The number of allylic oxidation sites excluding steroid dienone is 1. The Labute approximate surface area is 192 Å². The van der Waals surface area contributed by atoms with Crippen LogP contribution in [0.4, 0.5) is 0 Å². The lowest BCUT2D eigenvalue weighted by Gasteiger charge is -2.57. The molecule has 4 atom stereocenters. The number of ether oxygens (including phenoxy) is 2. The van der Waals surface area contributed by atoms with Gasteiger partial charge < -0.3 is 13.9 Å². The van der Waals surface area contributed by atoms with Gasteiger partial charge in [0.1, 0.15) is 5.76 Å². The quantitative estimate of drug-likeness (QED) is 0.434. The maximum atomic E-state index is 12.8. The number of hydrogen-bond acceptors (Lipinski definition) is 6. The van der Waals surface area contributed by atoms with Crippen LogP contribution < -0.4 is 5.32 Å². The molecule has 6 nitrogen and oxygen atoms in total. The summed E-state index contributed by atoms with van der Waals surface area (Å²) in [5, 5.41) is 3.10. The van der Waals surface area contributed by atoms with Gasteiger partial charge in [-0.05, 0) is 81.3 Å². The molecular formula is C26H39NO5. The average molecular weight is 446 g/mol. The molecule has 0 unspecified atom stereocenters. The monoisotopic (exact) mass is 445 g/mol. The van der Waals surface area contributed by atoms with Crippen LogP contribution in [0.5, 0.6) is 0 Å². The number of esters is 2. The number of furan rings is 1. The predicted octanol–water partition coefficient (Wildman–Crippen LogP) is 4.82. The van der Waals surface area contributed by atoms with Crippen molar-refractivity contribution >= 4 is 11.9 Å². The Bertz CT molecular complexity index is 830. The largest absolute Gasteiger partial charge is 0.469 e. The lowest BCUT2D eigenvalue weighted by molar-refractivity contribution is -0.168. The summed E-state index contributed by atoms with van der Waals surface area (Å²) in [5.41, 5.74) is 2.09. The molecule has 0 radical (unpaired) electrons. The number of aryl methyl sites for hydroxylation is 1. The summed E-state index contributed by atoms with van der Waals surface area (Å²) in [6.45, 7) is 11.8. The zero-order valence-electron chi connectivity index (χ0n) is 20.1. The second-order valence-electron chi connectivity index (χ2n) is 9.89. The number of fused-ring (bicyclic) bond motifs is 1. The first-order valence-electron chi connectivity index (χ1n) is 11.9. The van der Waals surface area contributed by atoms with Crippen LogP contribution in [0.3, 0.4) is 0 Å². The molecule has 0 amide bonds. The van der Waals surface area contributed by atoms with Crippen LogP contribution in [-0.4, -0.2) is 32.2 Å². The third-order valence-electron chi connectivity index (χ3n) is 8.07. The molecular weight excluding hydrogens is 406 g/mol. The highest BCUT2D eigenvalue weighted by Gasteiger charge is 2.57. The minimum atomic E-state index is -0.418. The van der Waals surface area contributed by atoms with E-state index in [4.69, 9.17) is 13.9 Å². The van der Waals surface area contributed by atoms with Crippen LogP contribution in [0, 0.1) is 22.7 Å². The van der Waals surface area contributed by atoms with Crippen LogP contribution in [0.15, 0.2) is 28.9 Å². The van der Waals surface area contributed by atoms with Crippen LogP contribution in [-0.2, 0) is 32.0 Å². The average Bonchev–Trinajstić information content (AvgIpc) is 3.19. The number of rotatable bonds is 9. The van der Waals surface area contributed by atoms with Gasteiger partial charge in [0.2, 0.25) is 0 Å². The Kier molecular flexibility index (Phi) is 7.86. The Morgan fingerprint density at radius 3 is 2.81 bits per heavy atom. The minimum absolute atomic E-state index is 0.0442. The molecule has 6 heteroatoms. The molecule has 1 aromatic heterocycles. The van der Waals surface area contributed by atoms with Gasteiger partial charge in [-0.1, -0.05) is 25.5 Å². The molecule has 2 saturated carbocycles. The molecule has 2 fully saturated rings. The summed E-state index contributed by atoms with van der Waals surface area (Å²) in [6.07, 6.45) is 8.61. The summed E-state index contributed by atoms with van der Waals surface area (Å²) < 4.78 is 15.9. The van der Waals surface area contributed by atoms with Gasteiger partial charge in [-0.15, -0.1) is 0 Å². The van der Waals surface area contributed by atoms with Gasteiger partial charge in [0.15, 0.2) is 0 Å². The summed E-state index contributed by atoms with van der Waals surface area (Å²) >= 11 is 0. The number of methoxy groups -OCH3 is 1. The van der Waals surface area contributed by atoms with Crippen LogP contribution in [0.1, 0.15) is 70.6 Å². The molecule has 2 aliphatic carbocycles. The molecule has 178 valence electrons. The van der Waals surface area contributed by atoms with E-state index in [9.17, 15) is 9.59 Å². The van der Waals surface area contributed by atoms with E-state index in [1.807, 2.05) is 6.07 Å². The third kappa shape index (κ3) is 4.80. The molecule has 1 N–H and O–H groups in total. The van der Waals surface area contributed by atoms with Gasteiger partial charge in [0, 0.05) is 0 Å². The van der Waals surface area contributed by atoms with Crippen LogP contribution >= 0.6 is 0 Å². The van der Waals surface area contributed by atoms with Crippen molar-refractivity contribution in [3.05, 3.63) is 35.8 Å². The van der Waals surface area contributed by atoms with Crippen LogP contribution in [0.25, 0.3) is 0 Å². The number of carbonyl (C=O) groups excluding carboxylic acids is 2. The van der Waals surface area contributed by atoms with E-state index < -0.39 is 5.41 Å². The van der Waals surface area contributed by atoms with Crippen molar-refractivity contribution in [2.45, 2.75) is 72.3 Å². The first-order chi connectivity index (χ1) is 15.3. The zero-order chi connectivity index (χ0) is 23.4. The summed E-state index contributed by atoms with van der Waals surface area (Å²) in [4.78, 5) is 24.3. The fourth-order valence-corrected chi connectivity index (χ4v) is 6.49. The number of hydrogen-bond donors (Lipinski definition) is 1. The van der Waals surface area contributed by atoms with E-state index in [0.717, 1.165) is 56.3 Å². The molecule has 0 aliphatic heterocycles. The topological polar surface area (TPSA) is 77.8 Å². The second-order valence-corrected chi connectivity index (χ2v) is 9.89. The Morgan fingerprint density at radius 2 is 2.09 bits per heavy atom. The Balaban J connectivity index is 1.69. The van der Waals surface area contributed by atoms with Crippen molar-refractivity contribution in [1.29, 1.82) is 0 Å². The molecule has 0 saturated heterocycles. The molecule has 1 aromatic rings. The molecule has 32 heavy (non-hydrogen) atoms. The van der Waals surface area contributed by atoms with E-state index in [1.165, 1.54) is 12.7 Å². The van der Waals surface area contributed by atoms with Crippen molar-refractivity contribution in [2.75, 3.05) is 20.3 Å². The highest BCUT2D eigenvalue weighted by atomic mass is 16.5. The van der Waals surface area contributed by atoms with Gasteiger partial charge >= 0.3 is 11.9 Å². The highest BCUT2D eigenvalue weighted by molar-refractivity contribution is 5.77. The van der Waals surface area contributed by atoms with Gasteiger partial charge in [-0.2, -0.15) is 0 Å². The van der Waals surface area contributed by atoms with E-state index in [0.29, 0.717) is 25.0 Å². The lowest BCUT2D eigenvalue weighted by atomic mass is 9.46. The SMILES string of the molecule is C=C1CC[C@H]2[C@](C)(CCC[C@]2(C)C(=O)OC)[C@@H]1CCc1ccoc1CNCC(=O)OCC. The first-order valence-corrected chi connectivity index (χ1v) is 11.9. The first kappa shape index (κ1) is 24.6. The normalized spacial score (nSPS) is 29.9. The van der Waals surface area contributed by atoms with E-state index in [1.54, 1.807) is 13.2 Å². The van der Waals surface area contributed by atoms with Gasteiger partial charge in [0.05, 0.1) is 38.5 Å². The van der Waals surface area contributed by atoms with Gasteiger partial charge in [-0.3, -0.25) is 14.9 Å². The fourth-order valence-electron chi connectivity index (χ4n) is 6.49. The smallest absolute Gasteiger partial charge is 0.319 e. The van der Waals surface area contributed by atoms with Crippen molar-refractivity contribution in [3.63, 3.8) is 0 Å². The lowest BCUT2D eigenvalue weighted by Crippen LogP contribution is -2.53. The summed E-state index contributed by atoms with van der Waals surface area (Å²) in [5.74, 6) is 1.21. The maximum Gasteiger partial charge on any atom is 0.319 e. The standard InChI is InChI=1S/C26H39NO5/c1-6-31-23(28)17-27-16-21-19(12-15-32-21)9-10-20-18(2)8-11-22-25(20,3)13-7-14-26(22,4)24(29)30-5/h12,15,20,22,27H,2,6-11,13-14,16-17H2,1,3-5H3/t20-,22+,25-,26+/m1/s1. The predicted molar refractivity (Wildman–Crippen MR) is 123 cm³/mol. The third-order valence-corrected chi connectivity index (χ3v) is 8.07. The van der Waals surface area contributed by atoms with Crippen molar-refractivity contribution < 1.29 is 23.5 Å². The van der Waals surface area contributed by atoms with E-state index >= 15 is 0 Å². The Morgan fingerprint density at radius 1 is 1.31 bits per heavy atom. The van der Waals surface area contributed by atoms with Crippen molar-refractivity contribution in [1.82, 2.24) is 5.32 Å². The molecule has 2 aliphatic rings. The zero-order valence-corrected chi connectivity index (χ0v) is 20.1. The van der Waals surface area contributed by atoms with E-state index in [-0.39, 0.29) is 23.9 Å². The van der Waals surface area contributed by atoms with E-state index in [2.05, 4.69) is 25.7 Å². The summed E-state index contributed by atoms with van der Waals surface area (Å²) in [7, 11) is 1.51. The molecule has 3 rings (SSSR count). The van der Waals surface area contributed by atoms with Gasteiger partial charge in [0.25, 0.3) is 0 Å². The number of carbonyl (C=O) groups is 2. The van der Waals surface area contributed by atoms with Gasteiger partial charge in [-0.25, -0.2) is 0 Å². The maximum absolute atomic E-state index is 12.8. The summed E-state index contributed by atoms with van der Waals surface area (Å²) in [6, 6.07) is 2.02. The molecule has 0 bridgehead atoms. The molecule has 0 aromatic carbocycles. The minimum Gasteiger partial charge on any atom is -0.469 e. The van der Waals surface area contributed by atoms with Crippen LogP contribution in [0.2, 0.25) is 0 Å². The van der Waals surface area contributed by atoms with Crippen molar-refractivity contribution in [3.8, 4) is 0 Å². The molecule has 0 spiro atoms. The molecule has 1 heterocycles.